The van der Waals surface area contributed by atoms with Gasteiger partial charge in [-0.05, 0) is 41.0 Å². The number of likely N-dealkylation sites (tertiary alicyclic amines) is 1. The summed E-state index contributed by atoms with van der Waals surface area (Å²) in [5.74, 6) is 1.33. The number of carbonyl (C=O) groups excluding carboxylic acids is 1. The van der Waals surface area contributed by atoms with Gasteiger partial charge in [0.05, 0.1) is 6.42 Å². The second-order valence-corrected chi connectivity index (χ2v) is 9.75. The molecule has 0 bridgehead atoms. The van der Waals surface area contributed by atoms with Crippen LogP contribution in [-0.2, 0) is 21.2 Å². The molecule has 9 heteroatoms. The van der Waals surface area contributed by atoms with Gasteiger partial charge in [0.25, 0.3) is 10.0 Å². The minimum absolute atomic E-state index is 0. The molecule has 0 saturated carbocycles. The Bertz CT molecular complexity index is 873. The average molecular weight is 428 g/mol. The number of hydrogen-bond acceptors (Lipinski definition) is 5. The molecule has 2 atom stereocenters. The van der Waals surface area contributed by atoms with Crippen molar-refractivity contribution in [2.75, 3.05) is 30.9 Å². The van der Waals surface area contributed by atoms with Gasteiger partial charge in [-0.1, -0.05) is 18.2 Å². The number of fused-ring (bicyclic) bond motifs is 1. The highest BCUT2D eigenvalue weighted by atomic mass is 35.5. The zero-order valence-corrected chi connectivity index (χ0v) is 17.1. The van der Waals surface area contributed by atoms with Crippen LogP contribution in [0.15, 0.2) is 46.0 Å². The molecule has 1 amide bonds. The number of halogens is 1. The number of carbonyl (C=O) groups is 1. The zero-order valence-electron chi connectivity index (χ0n) is 14.6. The number of benzene rings is 1. The number of rotatable bonds is 5. The van der Waals surface area contributed by atoms with Crippen molar-refractivity contribution in [2.45, 2.75) is 10.6 Å². The van der Waals surface area contributed by atoms with E-state index in [2.05, 4.69) is 10.0 Å². The van der Waals surface area contributed by atoms with E-state index in [0.717, 1.165) is 31.7 Å². The standard InChI is InChI=1S/C18H21N3O3S2.ClH/c22-17(21-11-14-9-19-10-15(14)12-21)8-13-3-5-16(6-4-13)20-26(23,24)18-2-1-7-25-18;/h1-7,14-15,19-20H,8-12H2;1H/t14-,15+;. The van der Waals surface area contributed by atoms with Crippen LogP contribution in [0.5, 0.6) is 0 Å². The maximum Gasteiger partial charge on any atom is 0.271 e. The van der Waals surface area contributed by atoms with Crippen molar-refractivity contribution in [2.24, 2.45) is 11.8 Å². The molecule has 1 aromatic carbocycles. The van der Waals surface area contributed by atoms with Crippen molar-refractivity contribution in [3.05, 3.63) is 47.3 Å². The van der Waals surface area contributed by atoms with Crippen LogP contribution in [0.3, 0.4) is 0 Å². The number of anilines is 1. The number of thiophene rings is 1. The van der Waals surface area contributed by atoms with Crippen LogP contribution >= 0.6 is 23.7 Å². The Morgan fingerprint density at radius 3 is 2.41 bits per heavy atom. The summed E-state index contributed by atoms with van der Waals surface area (Å²) in [7, 11) is -3.54. The maximum absolute atomic E-state index is 12.5. The number of sulfonamides is 1. The molecule has 2 aliphatic heterocycles. The van der Waals surface area contributed by atoms with E-state index in [1.165, 1.54) is 11.3 Å². The van der Waals surface area contributed by atoms with Gasteiger partial charge < -0.3 is 10.2 Å². The van der Waals surface area contributed by atoms with E-state index in [9.17, 15) is 13.2 Å². The first-order valence-electron chi connectivity index (χ1n) is 8.65. The largest absolute Gasteiger partial charge is 0.342 e. The third kappa shape index (κ3) is 4.45. The molecule has 3 heterocycles. The first kappa shape index (κ1) is 20.1. The monoisotopic (exact) mass is 427 g/mol. The zero-order chi connectivity index (χ0) is 18.1. The molecule has 2 aromatic rings. The molecule has 2 N–H and O–H groups in total. The first-order chi connectivity index (χ1) is 12.5. The highest BCUT2D eigenvalue weighted by Gasteiger charge is 2.37. The third-order valence-corrected chi connectivity index (χ3v) is 7.84. The number of hydrogen-bond donors (Lipinski definition) is 2. The maximum atomic E-state index is 12.5. The first-order valence-corrected chi connectivity index (χ1v) is 11.0. The molecular formula is C18H22ClN3O3S2. The lowest BCUT2D eigenvalue weighted by Gasteiger charge is -2.17. The molecule has 0 unspecified atom stereocenters. The molecule has 0 aliphatic carbocycles. The van der Waals surface area contributed by atoms with Crippen molar-refractivity contribution < 1.29 is 13.2 Å². The van der Waals surface area contributed by atoms with Crippen LogP contribution in [0, 0.1) is 11.8 Å². The molecule has 146 valence electrons. The van der Waals surface area contributed by atoms with E-state index in [-0.39, 0.29) is 22.5 Å². The normalized spacial score (nSPS) is 21.6. The molecule has 6 nitrogen and oxygen atoms in total. The topological polar surface area (TPSA) is 78.5 Å². The Balaban J connectivity index is 0.00000210. The summed E-state index contributed by atoms with van der Waals surface area (Å²) in [6.07, 6.45) is 0.352. The minimum atomic E-state index is -3.54. The van der Waals surface area contributed by atoms with E-state index >= 15 is 0 Å². The summed E-state index contributed by atoms with van der Waals surface area (Å²) in [5, 5.41) is 5.10. The van der Waals surface area contributed by atoms with Gasteiger partial charge in [-0.25, -0.2) is 8.42 Å². The molecule has 4 rings (SSSR count). The molecular weight excluding hydrogens is 406 g/mol. The number of nitrogens with zero attached hydrogens (tertiary/aromatic N) is 1. The number of nitrogens with one attached hydrogen (secondary N) is 2. The lowest BCUT2D eigenvalue weighted by Crippen LogP contribution is -2.32. The van der Waals surface area contributed by atoms with Crippen LogP contribution < -0.4 is 10.0 Å². The summed E-state index contributed by atoms with van der Waals surface area (Å²) in [5.41, 5.74) is 1.39. The van der Waals surface area contributed by atoms with Crippen LogP contribution in [0.2, 0.25) is 0 Å². The number of amides is 1. The van der Waals surface area contributed by atoms with Crippen LogP contribution in [0.1, 0.15) is 5.56 Å². The Labute approximate surface area is 169 Å². The Morgan fingerprint density at radius 1 is 1.15 bits per heavy atom. The van der Waals surface area contributed by atoms with E-state index in [1.54, 1.807) is 29.6 Å². The second kappa shape index (κ2) is 8.18. The predicted octanol–water partition coefficient (Wildman–Crippen LogP) is 2.19. The van der Waals surface area contributed by atoms with Crippen molar-refractivity contribution in [1.29, 1.82) is 0 Å². The predicted molar refractivity (Wildman–Crippen MR) is 109 cm³/mol. The second-order valence-electron chi connectivity index (χ2n) is 6.89. The highest BCUT2D eigenvalue weighted by molar-refractivity contribution is 7.94. The minimum Gasteiger partial charge on any atom is -0.342 e. The van der Waals surface area contributed by atoms with Gasteiger partial charge in [-0.2, -0.15) is 0 Å². The van der Waals surface area contributed by atoms with E-state index in [1.807, 2.05) is 17.0 Å². The van der Waals surface area contributed by atoms with Gasteiger partial charge in [-0.15, -0.1) is 23.7 Å². The van der Waals surface area contributed by atoms with Crippen molar-refractivity contribution in [1.82, 2.24) is 10.2 Å². The molecule has 0 radical (unpaired) electrons. The average Bonchev–Trinajstić information content (AvgIpc) is 3.33. The summed E-state index contributed by atoms with van der Waals surface area (Å²) >= 11 is 1.18. The van der Waals surface area contributed by atoms with Gasteiger partial charge in [0.15, 0.2) is 0 Å². The van der Waals surface area contributed by atoms with Crippen LogP contribution in [0.25, 0.3) is 0 Å². The molecule has 1 aromatic heterocycles. The summed E-state index contributed by atoms with van der Waals surface area (Å²) in [4.78, 5) is 14.5. The van der Waals surface area contributed by atoms with Crippen molar-refractivity contribution in [3.8, 4) is 0 Å². The molecule has 2 fully saturated rings. The summed E-state index contributed by atoms with van der Waals surface area (Å²) < 4.78 is 27.3. The Kier molecular flexibility index (Phi) is 6.10. The fourth-order valence-corrected chi connectivity index (χ4v) is 5.71. The van der Waals surface area contributed by atoms with E-state index in [0.29, 0.717) is 23.9 Å². The van der Waals surface area contributed by atoms with Crippen molar-refractivity contribution in [3.63, 3.8) is 0 Å². The molecule has 2 aliphatic rings. The van der Waals surface area contributed by atoms with Gasteiger partial charge in [0.1, 0.15) is 4.21 Å². The summed E-state index contributed by atoms with van der Waals surface area (Å²) in [6, 6.07) is 10.3. The van der Waals surface area contributed by atoms with Crippen LogP contribution in [-0.4, -0.2) is 45.4 Å². The fourth-order valence-electron chi connectivity index (χ4n) is 3.66. The molecule has 27 heavy (non-hydrogen) atoms. The summed E-state index contributed by atoms with van der Waals surface area (Å²) in [6.45, 7) is 3.70. The smallest absolute Gasteiger partial charge is 0.271 e. The quantitative estimate of drug-likeness (QED) is 0.766. The van der Waals surface area contributed by atoms with Gasteiger partial charge in [0.2, 0.25) is 5.91 Å². The van der Waals surface area contributed by atoms with Gasteiger partial charge in [0, 0.05) is 31.9 Å². The Morgan fingerprint density at radius 2 is 1.81 bits per heavy atom. The highest BCUT2D eigenvalue weighted by Crippen LogP contribution is 2.27. The third-order valence-electron chi connectivity index (χ3n) is 5.06. The van der Waals surface area contributed by atoms with Crippen LogP contribution in [0.4, 0.5) is 5.69 Å². The van der Waals surface area contributed by atoms with Gasteiger partial charge >= 0.3 is 0 Å². The molecule has 0 spiro atoms. The van der Waals surface area contributed by atoms with Crippen molar-refractivity contribution >= 4 is 45.4 Å². The van der Waals surface area contributed by atoms with Gasteiger partial charge in [-0.3, -0.25) is 9.52 Å². The lowest BCUT2D eigenvalue weighted by atomic mass is 10.0. The lowest BCUT2D eigenvalue weighted by molar-refractivity contribution is -0.129. The Hall–Kier alpha value is -1.61. The fraction of sp³-hybridized carbons (Fsp3) is 0.389. The SMILES string of the molecule is Cl.O=C(Cc1ccc(NS(=O)(=O)c2cccs2)cc1)N1C[C@H]2CNC[C@H]2C1. The van der Waals surface area contributed by atoms with E-state index in [4.69, 9.17) is 0 Å². The van der Waals surface area contributed by atoms with E-state index < -0.39 is 10.0 Å². The molecule has 2 saturated heterocycles.